The molecule has 0 radical (unpaired) electrons. The Kier molecular flexibility index (Phi) is 5.25. The summed E-state index contributed by atoms with van der Waals surface area (Å²) in [4.78, 5) is 5.26. The fraction of sp³-hybridized carbons (Fsp3) is 0.647. The minimum Gasteiger partial charge on any atom is -0.380 e. The van der Waals surface area contributed by atoms with E-state index in [1.165, 1.54) is 43.7 Å². The SMILES string of the molecule is COCc1cccc(CN2CCC(N3CCNCC3)C2)c1. The van der Waals surface area contributed by atoms with E-state index in [4.69, 9.17) is 4.74 Å². The zero-order valence-corrected chi connectivity index (χ0v) is 13.1. The molecule has 1 aromatic carbocycles. The van der Waals surface area contributed by atoms with Crippen molar-refractivity contribution in [2.75, 3.05) is 46.4 Å². The van der Waals surface area contributed by atoms with Gasteiger partial charge in [0.1, 0.15) is 0 Å². The standard InChI is InChI=1S/C17H27N3O/c1-21-14-16-4-2-3-15(11-16)12-19-8-5-17(13-19)20-9-6-18-7-10-20/h2-4,11,17-18H,5-10,12-14H2,1H3. The highest BCUT2D eigenvalue weighted by Crippen LogP contribution is 2.19. The minimum atomic E-state index is 0.706. The molecule has 0 spiro atoms. The van der Waals surface area contributed by atoms with Gasteiger partial charge in [0.25, 0.3) is 0 Å². The number of benzene rings is 1. The van der Waals surface area contributed by atoms with E-state index in [-0.39, 0.29) is 0 Å². The fourth-order valence-corrected chi connectivity index (χ4v) is 3.54. The quantitative estimate of drug-likeness (QED) is 0.884. The molecule has 2 heterocycles. The Morgan fingerprint density at radius 3 is 2.81 bits per heavy atom. The topological polar surface area (TPSA) is 27.7 Å². The Balaban J connectivity index is 1.53. The third kappa shape index (κ3) is 4.04. The predicted molar refractivity (Wildman–Crippen MR) is 85.3 cm³/mol. The zero-order valence-electron chi connectivity index (χ0n) is 13.1. The average Bonchev–Trinajstić information content (AvgIpc) is 2.97. The molecule has 0 amide bonds. The second-order valence-corrected chi connectivity index (χ2v) is 6.22. The summed E-state index contributed by atoms with van der Waals surface area (Å²) in [6.45, 7) is 8.93. The summed E-state index contributed by atoms with van der Waals surface area (Å²) in [5.74, 6) is 0. The second kappa shape index (κ2) is 7.36. The number of methoxy groups -OCH3 is 1. The van der Waals surface area contributed by atoms with E-state index in [0.29, 0.717) is 6.61 Å². The van der Waals surface area contributed by atoms with E-state index in [0.717, 1.165) is 25.7 Å². The van der Waals surface area contributed by atoms with Crippen LogP contribution in [0, 0.1) is 0 Å². The van der Waals surface area contributed by atoms with Gasteiger partial charge in [-0.3, -0.25) is 9.80 Å². The first-order valence-corrected chi connectivity index (χ1v) is 8.09. The van der Waals surface area contributed by atoms with Crippen LogP contribution in [0.4, 0.5) is 0 Å². The lowest BCUT2D eigenvalue weighted by Gasteiger charge is -2.32. The largest absolute Gasteiger partial charge is 0.380 e. The van der Waals surface area contributed by atoms with Crippen LogP contribution < -0.4 is 5.32 Å². The van der Waals surface area contributed by atoms with Crippen molar-refractivity contribution in [3.05, 3.63) is 35.4 Å². The molecule has 2 fully saturated rings. The molecular formula is C17H27N3O. The maximum atomic E-state index is 5.22. The molecule has 2 saturated heterocycles. The van der Waals surface area contributed by atoms with E-state index in [1.807, 2.05) is 0 Å². The van der Waals surface area contributed by atoms with Gasteiger partial charge in [-0.15, -0.1) is 0 Å². The van der Waals surface area contributed by atoms with Gasteiger partial charge in [0, 0.05) is 59.0 Å². The molecule has 0 saturated carbocycles. The van der Waals surface area contributed by atoms with E-state index in [9.17, 15) is 0 Å². The first-order chi connectivity index (χ1) is 10.3. The number of hydrogen-bond donors (Lipinski definition) is 1. The molecule has 4 nitrogen and oxygen atoms in total. The molecule has 2 aliphatic rings. The van der Waals surface area contributed by atoms with Gasteiger partial charge < -0.3 is 10.1 Å². The van der Waals surface area contributed by atoms with Crippen molar-refractivity contribution in [3.63, 3.8) is 0 Å². The summed E-state index contributed by atoms with van der Waals surface area (Å²) in [7, 11) is 1.76. The molecule has 2 aliphatic heterocycles. The normalized spacial score (nSPS) is 24.5. The van der Waals surface area contributed by atoms with Crippen LogP contribution in [0.1, 0.15) is 17.5 Å². The molecule has 1 aromatic rings. The molecule has 116 valence electrons. The van der Waals surface area contributed by atoms with E-state index in [2.05, 4.69) is 39.4 Å². The van der Waals surface area contributed by atoms with Crippen LogP contribution in [0.15, 0.2) is 24.3 Å². The first kappa shape index (κ1) is 15.0. The molecule has 0 aromatic heterocycles. The van der Waals surface area contributed by atoms with Crippen LogP contribution in [0.5, 0.6) is 0 Å². The van der Waals surface area contributed by atoms with Crippen LogP contribution in [0.2, 0.25) is 0 Å². The van der Waals surface area contributed by atoms with Crippen LogP contribution in [-0.2, 0) is 17.9 Å². The van der Waals surface area contributed by atoms with E-state index >= 15 is 0 Å². The Hall–Kier alpha value is -0.940. The van der Waals surface area contributed by atoms with Gasteiger partial charge in [0.05, 0.1) is 6.61 Å². The van der Waals surface area contributed by atoms with Gasteiger partial charge in [-0.1, -0.05) is 24.3 Å². The van der Waals surface area contributed by atoms with Crippen molar-refractivity contribution in [2.45, 2.75) is 25.6 Å². The Bertz CT molecular complexity index is 445. The third-order valence-electron chi connectivity index (χ3n) is 4.62. The van der Waals surface area contributed by atoms with Crippen LogP contribution in [0.25, 0.3) is 0 Å². The summed E-state index contributed by atoms with van der Waals surface area (Å²) >= 11 is 0. The first-order valence-electron chi connectivity index (χ1n) is 8.09. The van der Waals surface area contributed by atoms with Crippen molar-refractivity contribution in [3.8, 4) is 0 Å². The number of nitrogens with zero attached hydrogens (tertiary/aromatic N) is 2. The number of likely N-dealkylation sites (tertiary alicyclic amines) is 1. The van der Waals surface area contributed by atoms with Crippen molar-refractivity contribution in [1.82, 2.24) is 15.1 Å². The number of piperazine rings is 1. The zero-order chi connectivity index (χ0) is 14.5. The number of rotatable bonds is 5. The fourth-order valence-electron chi connectivity index (χ4n) is 3.54. The lowest BCUT2D eigenvalue weighted by Crippen LogP contribution is -2.49. The molecule has 4 heteroatoms. The van der Waals surface area contributed by atoms with E-state index < -0.39 is 0 Å². The molecule has 1 N–H and O–H groups in total. The summed E-state index contributed by atoms with van der Waals surface area (Å²) in [5.41, 5.74) is 2.68. The Morgan fingerprint density at radius 2 is 2.00 bits per heavy atom. The number of ether oxygens (including phenoxy) is 1. The van der Waals surface area contributed by atoms with Crippen molar-refractivity contribution in [1.29, 1.82) is 0 Å². The van der Waals surface area contributed by atoms with Crippen LogP contribution in [-0.4, -0.2) is 62.2 Å². The maximum absolute atomic E-state index is 5.22. The molecule has 1 atom stereocenters. The van der Waals surface area contributed by atoms with Crippen molar-refractivity contribution in [2.24, 2.45) is 0 Å². The Morgan fingerprint density at radius 1 is 1.19 bits per heavy atom. The molecule has 1 unspecified atom stereocenters. The van der Waals surface area contributed by atoms with Gasteiger partial charge in [0.15, 0.2) is 0 Å². The average molecular weight is 289 g/mol. The van der Waals surface area contributed by atoms with Gasteiger partial charge in [0.2, 0.25) is 0 Å². The number of hydrogen-bond acceptors (Lipinski definition) is 4. The second-order valence-electron chi connectivity index (χ2n) is 6.22. The molecule has 3 rings (SSSR count). The van der Waals surface area contributed by atoms with Gasteiger partial charge in [-0.05, 0) is 17.5 Å². The highest BCUT2D eigenvalue weighted by atomic mass is 16.5. The van der Waals surface area contributed by atoms with Gasteiger partial charge >= 0.3 is 0 Å². The Labute approximate surface area is 128 Å². The van der Waals surface area contributed by atoms with Gasteiger partial charge in [-0.2, -0.15) is 0 Å². The lowest BCUT2D eigenvalue weighted by molar-refractivity contribution is 0.170. The van der Waals surface area contributed by atoms with Crippen molar-refractivity contribution >= 4 is 0 Å². The smallest absolute Gasteiger partial charge is 0.0713 e. The van der Waals surface area contributed by atoms with Crippen LogP contribution in [0.3, 0.4) is 0 Å². The summed E-state index contributed by atoms with van der Waals surface area (Å²) in [5, 5.41) is 3.44. The molecular weight excluding hydrogens is 262 g/mol. The highest BCUT2D eigenvalue weighted by molar-refractivity contribution is 5.23. The van der Waals surface area contributed by atoms with Crippen molar-refractivity contribution < 1.29 is 4.74 Å². The molecule has 0 aliphatic carbocycles. The van der Waals surface area contributed by atoms with Gasteiger partial charge in [-0.25, -0.2) is 0 Å². The predicted octanol–water partition coefficient (Wildman–Crippen LogP) is 1.31. The number of nitrogens with one attached hydrogen (secondary N) is 1. The van der Waals surface area contributed by atoms with Crippen LogP contribution >= 0.6 is 0 Å². The minimum absolute atomic E-state index is 0.706. The molecule has 21 heavy (non-hydrogen) atoms. The third-order valence-corrected chi connectivity index (χ3v) is 4.62. The van der Waals surface area contributed by atoms with E-state index in [1.54, 1.807) is 7.11 Å². The lowest BCUT2D eigenvalue weighted by atomic mass is 10.1. The maximum Gasteiger partial charge on any atom is 0.0713 e. The summed E-state index contributed by atoms with van der Waals surface area (Å²) < 4.78 is 5.22. The monoisotopic (exact) mass is 289 g/mol. The summed E-state index contributed by atoms with van der Waals surface area (Å²) in [6.07, 6.45) is 1.32. The highest BCUT2D eigenvalue weighted by Gasteiger charge is 2.28. The summed E-state index contributed by atoms with van der Waals surface area (Å²) in [6, 6.07) is 9.56. The molecule has 0 bridgehead atoms.